The van der Waals surface area contributed by atoms with Gasteiger partial charge in [-0.05, 0) is 18.4 Å². The van der Waals surface area contributed by atoms with Gasteiger partial charge in [-0.15, -0.1) is 0 Å². The molecule has 0 radical (unpaired) electrons. The lowest BCUT2D eigenvalue weighted by Gasteiger charge is -2.13. The molecule has 0 saturated carbocycles. The molecule has 0 fully saturated rings. The highest BCUT2D eigenvalue weighted by molar-refractivity contribution is 7.98. The highest BCUT2D eigenvalue weighted by atomic mass is 32.2. The second-order valence-electron chi connectivity index (χ2n) is 3.91. The largest absolute Gasteiger partial charge is 0.480 e. The Hall–Kier alpha value is -1.14. The topological polar surface area (TPSA) is 75.1 Å². The number of carbonyl (C=O) groups is 1. The normalized spacial score (nSPS) is 12.3. The van der Waals surface area contributed by atoms with Crippen molar-refractivity contribution < 1.29 is 9.90 Å². The van der Waals surface area contributed by atoms with E-state index >= 15 is 0 Å². The number of nitrogens with one attached hydrogen (secondary N) is 1. The highest BCUT2D eigenvalue weighted by Crippen LogP contribution is 2.03. The molecule has 2 N–H and O–H groups in total. The summed E-state index contributed by atoms with van der Waals surface area (Å²) in [6.45, 7) is 2.48. The lowest BCUT2D eigenvalue weighted by molar-refractivity contribution is -0.139. The molecule has 0 amide bonds. The van der Waals surface area contributed by atoms with E-state index in [0.717, 1.165) is 23.6 Å². The Morgan fingerprint density at radius 3 is 2.67 bits per heavy atom. The van der Waals surface area contributed by atoms with Gasteiger partial charge in [0.05, 0.1) is 0 Å². The Morgan fingerprint density at radius 2 is 2.17 bits per heavy atom. The number of hydrogen-bond acceptors (Lipinski definition) is 5. The van der Waals surface area contributed by atoms with Gasteiger partial charge < -0.3 is 10.4 Å². The van der Waals surface area contributed by atoms with Crippen LogP contribution in [0.2, 0.25) is 0 Å². The second kappa shape index (κ2) is 8.05. The summed E-state index contributed by atoms with van der Waals surface area (Å²) in [5.41, 5.74) is 0.905. The Labute approximate surface area is 111 Å². The van der Waals surface area contributed by atoms with Gasteiger partial charge in [0.25, 0.3) is 0 Å². The quantitative estimate of drug-likeness (QED) is 0.741. The van der Waals surface area contributed by atoms with Crippen molar-refractivity contribution in [1.29, 1.82) is 0 Å². The molecule has 1 aromatic rings. The van der Waals surface area contributed by atoms with E-state index < -0.39 is 12.0 Å². The molecule has 0 aliphatic rings. The van der Waals surface area contributed by atoms with Crippen LogP contribution in [-0.2, 0) is 17.8 Å². The SMILES string of the molecule is CCc1ncc(CNC(CCSC)C(=O)O)cn1. The molecule has 1 rings (SSSR count). The molecule has 18 heavy (non-hydrogen) atoms. The first kappa shape index (κ1) is 14.9. The first-order chi connectivity index (χ1) is 8.67. The van der Waals surface area contributed by atoms with Crippen molar-refractivity contribution in [1.82, 2.24) is 15.3 Å². The minimum absolute atomic E-state index is 0.481. The molecule has 0 aliphatic heterocycles. The van der Waals surface area contributed by atoms with Crippen LogP contribution in [0.1, 0.15) is 24.7 Å². The van der Waals surface area contributed by atoms with E-state index in [4.69, 9.17) is 5.11 Å². The van der Waals surface area contributed by atoms with Crippen molar-refractivity contribution in [3.05, 3.63) is 23.8 Å². The maximum Gasteiger partial charge on any atom is 0.320 e. The van der Waals surface area contributed by atoms with Gasteiger partial charge in [-0.25, -0.2) is 9.97 Å². The third-order valence-electron chi connectivity index (χ3n) is 2.54. The number of rotatable bonds is 8. The van der Waals surface area contributed by atoms with Gasteiger partial charge in [0.15, 0.2) is 0 Å². The predicted octanol–water partition coefficient (Wildman–Crippen LogP) is 1.33. The third-order valence-corrected chi connectivity index (χ3v) is 3.18. The number of hydrogen-bond donors (Lipinski definition) is 2. The zero-order valence-corrected chi connectivity index (χ0v) is 11.5. The molecular weight excluding hydrogens is 250 g/mol. The summed E-state index contributed by atoms with van der Waals surface area (Å²) >= 11 is 1.65. The third kappa shape index (κ3) is 5.01. The van der Waals surface area contributed by atoms with Crippen LogP contribution in [0.15, 0.2) is 12.4 Å². The molecule has 0 aromatic carbocycles. The summed E-state index contributed by atoms with van der Waals surface area (Å²) in [5, 5.41) is 12.1. The van der Waals surface area contributed by atoms with Crippen LogP contribution >= 0.6 is 11.8 Å². The van der Waals surface area contributed by atoms with Gasteiger partial charge in [0.2, 0.25) is 0 Å². The minimum Gasteiger partial charge on any atom is -0.480 e. The zero-order chi connectivity index (χ0) is 13.4. The van der Waals surface area contributed by atoms with E-state index in [1.807, 2.05) is 13.2 Å². The molecule has 1 atom stereocenters. The van der Waals surface area contributed by atoms with Crippen LogP contribution in [0.25, 0.3) is 0 Å². The Balaban J connectivity index is 2.47. The van der Waals surface area contributed by atoms with Crippen molar-refractivity contribution in [2.45, 2.75) is 32.4 Å². The summed E-state index contributed by atoms with van der Waals surface area (Å²) in [4.78, 5) is 19.4. The molecule has 1 aromatic heterocycles. The Kier molecular flexibility index (Phi) is 6.67. The number of nitrogens with zero attached hydrogens (tertiary/aromatic N) is 2. The first-order valence-electron chi connectivity index (χ1n) is 5.92. The number of carboxylic acid groups (broad SMARTS) is 1. The Bertz CT molecular complexity index is 370. The van der Waals surface area contributed by atoms with E-state index in [9.17, 15) is 4.79 Å². The van der Waals surface area contributed by atoms with E-state index in [1.165, 1.54) is 0 Å². The molecule has 0 saturated heterocycles. The molecule has 100 valence electrons. The summed E-state index contributed by atoms with van der Waals surface area (Å²) in [5.74, 6) is 0.820. The number of thioether (sulfide) groups is 1. The van der Waals surface area contributed by atoms with Crippen molar-refractivity contribution in [2.75, 3.05) is 12.0 Å². The molecule has 5 nitrogen and oxygen atoms in total. The maximum absolute atomic E-state index is 11.0. The van der Waals surface area contributed by atoms with E-state index in [0.29, 0.717) is 13.0 Å². The van der Waals surface area contributed by atoms with Crippen LogP contribution < -0.4 is 5.32 Å². The molecule has 1 heterocycles. The van der Waals surface area contributed by atoms with Crippen molar-refractivity contribution in [2.24, 2.45) is 0 Å². The summed E-state index contributed by atoms with van der Waals surface area (Å²) in [6.07, 6.45) is 6.87. The van der Waals surface area contributed by atoms with E-state index in [1.54, 1.807) is 24.2 Å². The van der Waals surface area contributed by atoms with Gasteiger partial charge in [0.1, 0.15) is 11.9 Å². The molecule has 0 spiro atoms. The van der Waals surface area contributed by atoms with Gasteiger partial charge in [-0.3, -0.25) is 4.79 Å². The van der Waals surface area contributed by atoms with Crippen LogP contribution in [-0.4, -0.2) is 39.1 Å². The first-order valence-corrected chi connectivity index (χ1v) is 7.31. The van der Waals surface area contributed by atoms with E-state index in [2.05, 4.69) is 15.3 Å². The predicted molar refractivity (Wildman–Crippen MR) is 72.7 cm³/mol. The van der Waals surface area contributed by atoms with E-state index in [-0.39, 0.29) is 0 Å². The molecule has 6 heteroatoms. The van der Waals surface area contributed by atoms with Crippen LogP contribution in [0.3, 0.4) is 0 Å². The fourth-order valence-electron chi connectivity index (χ4n) is 1.44. The van der Waals surface area contributed by atoms with Crippen molar-refractivity contribution >= 4 is 17.7 Å². The Morgan fingerprint density at radius 1 is 1.50 bits per heavy atom. The average Bonchev–Trinajstić information content (AvgIpc) is 2.39. The van der Waals surface area contributed by atoms with Crippen LogP contribution in [0.4, 0.5) is 0 Å². The minimum atomic E-state index is -0.810. The summed E-state index contributed by atoms with van der Waals surface area (Å²) in [6, 6.07) is -0.511. The summed E-state index contributed by atoms with van der Waals surface area (Å²) in [7, 11) is 0. The fraction of sp³-hybridized carbons (Fsp3) is 0.583. The van der Waals surface area contributed by atoms with Crippen LogP contribution in [0, 0.1) is 0 Å². The highest BCUT2D eigenvalue weighted by Gasteiger charge is 2.15. The molecule has 0 bridgehead atoms. The summed E-state index contributed by atoms with van der Waals surface area (Å²) < 4.78 is 0. The number of aryl methyl sites for hydroxylation is 1. The van der Waals surface area contributed by atoms with Crippen molar-refractivity contribution in [3.63, 3.8) is 0 Å². The number of aliphatic carboxylic acids is 1. The molecule has 1 unspecified atom stereocenters. The number of aromatic nitrogens is 2. The number of carboxylic acids is 1. The fourth-order valence-corrected chi connectivity index (χ4v) is 1.92. The standard InChI is InChI=1S/C12H19N3O2S/c1-3-11-14-7-9(8-15-11)6-13-10(12(16)17)4-5-18-2/h7-8,10,13H,3-6H2,1-2H3,(H,16,17). The van der Waals surface area contributed by atoms with Gasteiger partial charge in [-0.1, -0.05) is 6.92 Å². The average molecular weight is 269 g/mol. The van der Waals surface area contributed by atoms with Gasteiger partial charge in [-0.2, -0.15) is 11.8 Å². The second-order valence-corrected chi connectivity index (χ2v) is 4.90. The lowest BCUT2D eigenvalue weighted by atomic mass is 10.2. The smallest absolute Gasteiger partial charge is 0.320 e. The zero-order valence-electron chi connectivity index (χ0n) is 10.7. The molecule has 0 aliphatic carbocycles. The van der Waals surface area contributed by atoms with Gasteiger partial charge in [0, 0.05) is 30.9 Å². The van der Waals surface area contributed by atoms with Crippen molar-refractivity contribution in [3.8, 4) is 0 Å². The molecular formula is C12H19N3O2S. The lowest BCUT2D eigenvalue weighted by Crippen LogP contribution is -2.36. The van der Waals surface area contributed by atoms with Crippen LogP contribution in [0.5, 0.6) is 0 Å². The maximum atomic E-state index is 11.0. The monoisotopic (exact) mass is 269 g/mol. The van der Waals surface area contributed by atoms with Gasteiger partial charge >= 0.3 is 5.97 Å².